The van der Waals surface area contributed by atoms with Crippen molar-refractivity contribution in [2.75, 3.05) is 26.2 Å². The number of rotatable bonds is 2. The quantitative estimate of drug-likeness (QED) is 0.835. The van der Waals surface area contributed by atoms with E-state index in [-0.39, 0.29) is 12.0 Å². The van der Waals surface area contributed by atoms with E-state index in [1.807, 2.05) is 33.1 Å². The minimum Gasteiger partial charge on any atom is -0.444 e. The third kappa shape index (κ3) is 4.69. The van der Waals surface area contributed by atoms with Crippen molar-refractivity contribution in [1.82, 2.24) is 14.8 Å². The Hall–Kier alpha value is -1.63. The Kier molecular flexibility index (Phi) is 5.05. The number of carbonyl (C=O) groups is 2. The minimum absolute atomic E-state index is 0.0640. The van der Waals surface area contributed by atoms with Gasteiger partial charge in [-0.1, -0.05) is 0 Å². The maximum absolute atomic E-state index is 12.2. The molecule has 0 aliphatic carbocycles. The van der Waals surface area contributed by atoms with Gasteiger partial charge in [0.2, 0.25) is 5.91 Å². The van der Waals surface area contributed by atoms with Crippen LogP contribution in [0.15, 0.2) is 5.38 Å². The second kappa shape index (κ2) is 6.64. The lowest BCUT2D eigenvalue weighted by molar-refractivity contribution is -0.132. The lowest BCUT2D eigenvalue weighted by Crippen LogP contribution is -2.52. The number of aryl methyl sites for hydroxylation is 1. The van der Waals surface area contributed by atoms with Crippen LogP contribution in [0, 0.1) is 6.92 Å². The molecule has 2 heterocycles. The molecule has 1 aliphatic heterocycles. The third-order valence-electron chi connectivity index (χ3n) is 3.28. The largest absolute Gasteiger partial charge is 0.444 e. The van der Waals surface area contributed by atoms with Gasteiger partial charge in [-0.2, -0.15) is 0 Å². The molecule has 0 spiro atoms. The van der Waals surface area contributed by atoms with Crippen molar-refractivity contribution in [2.45, 2.75) is 39.7 Å². The molecule has 0 aromatic carbocycles. The van der Waals surface area contributed by atoms with Crippen LogP contribution in [0.5, 0.6) is 0 Å². The standard InChI is InChI=1S/C15H23N3O3S/c1-11-16-12(10-22-11)9-13(19)17-5-7-18(8-6-17)14(20)21-15(2,3)4/h10H,5-9H2,1-4H3. The number of hydrogen-bond acceptors (Lipinski definition) is 5. The minimum atomic E-state index is -0.494. The molecule has 0 unspecified atom stereocenters. The molecule has 7 heteroatoms. The second-order valence-electron chi connectivity index (χ2n) is 6.38. The van der Waals surface area contributed by atoms with Crippen molar-refractivity contribution < 1.29 is 14.3 Å². The molecule has 122 valence electrons. The molecule has 0 radical (unpaired) electrons. The number of nitrogens with zero attached hydrogens (tertiary/aromatic N) is 3. The summed E-state index contributed by atoms with van der Waals surface area (Å²) < 4.78 is 5.35. The third-order valence-corrected chi connectivity index (χ3v) is 4.11. The van der Waals surface area contributed by atoms with Gasteiger partial charge in [0.05, 0.1) is 17.1 Å². The van der Waals surface area contributed by atoms with Crippen molar-refractivity contribution >= 4 is 23.3 Å². The Morgan fingerprint density at radius 2 is 1.82 bits per heavy atom. The van der Waals surface area contributed by atoms with Crippen LogP contribution < -0.4 is 0 Å². The Bertz CT molecular complexity index is 542. The predicted octanol–water partition coefficient (Wildman–Crippen LogP) is 2.07. The molecule has 1 fully saturated rings. The van der Waals surface area contributed by atoms with Gasteiger partial charge in [-0.05, 0) is 27.7 Å². The van der Waals surface area contributed by atoms with Gasteiger partial charge >= 0.3 is 6.09 Å². The summed E-state index contributed by atoms with van der Waals surface area (Å²) in [4.78, 5) is 32.0. The average molecular weight is 325 g/mol. The number of ether oxygens (including phenoxy) is 1. The zero-order chi connectivity index (χ0) is 16.3. The predicted molar refractivity (Wildman–Crippen MR) is 84.9 cm³/mol. The first-order valence-corrected chi connectivity index (χ1v) is 8.29. The molecule has 0 atom stereocenters. The number of thiazole rings is 1. The molecule has 1 aliphatic rings. The van der Waals surface area contributed by atoms with Gasteiger partial charge in [0, 0.05) is 31.6 Å². The summed E-state index contributed by atoms with van der Waals surface area (Å²) in [6.45, 7) is 9.58. The van der Waals surface area contributed by atoms with Crippen molar-refractivity contribution in [2.24, 2.45) is 0 Å². The fourth-order valence-corrected chi connectivity index (χ4v) is 2.83. The van der Waals surface area contributed by atoms with Crippen molar-refractivity contribution in [3.05, 3.63) is 16.1 Å². The fraction of sp³-hybridized carbons (Fsp3) is 0.667. The van der Waals surface area contributed by atoms with Gasteiger partial charge in [-0.15, -0.1) is 11.3 Å². The van der Waals surface area contributed by atoms with E-state index in [0.29, 0.717) is 32.6 Å². The number of aromatic nitrogens is 1. The van der Waals surface area contributed by atoms with Gasteiger partial charge in [0.1, 0.15) is 5.60 Å². The van der Waals surface area contributed by atoms with E-state index in [4.69, 9.17) is 4.74 Å². The van der Waals surface area contributed by atoms with Crippen molar-refractivity contribution in [1.29, 1.82) is 0 Å². The summed E-state index contributed by atoms with van der Waals surface area (Å²) in [5.41, 5.74) is 0.328. The van der Waals surface area contributed by atoms with Crippen molar-refractivity contribution in [3.8, 4) is 0 Å². The second-order valence-corrected chi connectivity index (χ2v) is 7.45. The highest BCUT2D eigenvalue weighted by atomic mass is 32.1. The summed E-state index contributed by atoms with van der Waals surface area (Å²) in [5, 5.41) is 2.89. The lowest BCUT2D eigenvalue weighted by Gasteiger charge is -2.35. The number of amides is 2. The van der Waals surface area contributed by atoms with Crippen LogP contribution in [-0.2, 0) is 16.0 Å². The van der Waals surface area contributed by atoms with Gasteiger partial charge < -0.3 is 14.5 Å². The van der Waals surface area contributed by atoms with E-state index >= 15 is 0 Å². The summed E-state index contributed by atoms with van der Waals surface area (Å²) in [7, 11) is 0. The summed E-state index contributed by atoms with van der Waals surface area (Å²) in [6, 6.07) is 0. The van der Waals surface area contributed by atoms with Gasteiger partial charge in [-0.3, -0.25) is 4.79 Å². The van der Waals surface area contributed by atoms with Crippen LogP contribution >= 0.6 is 11.3 Å². The molecule has 0 saturated carbocycles. The molecule has 6 nitrogen and oxygen atoms in total. The molecular formula is C15H23N3O3S. The fourth-order valence-electron chi connectivity index (χ4n) is 2.22. The van der Waals surface area contributed by atoms with Gasteiger partial charge in [-0.25, -0.2) is 9.78 Å². The van der Waals surface area contributed by atoms with Crippen LogP contribution in [-0.4, -0.2) is 58.6 Å². The summed E-state index contributed by atoms with van der Waals surface area (Å²) >= 11 is 1.55. The van der Waals surface area contributed by atoms with Crippen LogP contribution in [0.1, 0.15) is 31.5 Å². The molecular weight excluding hydrogens is 302 g/mol. The molecule has 2 amide bonds. The van der Waals surface area contributed by atoms with Gasteiger partial charge in [0.25, 0.3) is 0 Å². The van der Waals surface area contributed by atoms with Gasteiger partial charge in [0.15, 0.2) is 0 Å². The Labute approximate surface area is 135 Å². The molecule has 1 saturated heterocycles. The Balaban J connectivity index is 1.81. The van der Waals surface area contributed by atoms with Crippen LogP contribution in [0.3, 0.4) is 0 Å². The van der Waals surface area contributed by atoms with Crippen LogP contribution in [0.25, 0.3) is 0 Å². The molecule has 0 N–H and O–H groups in total. The summed E-state index contributed by atoms with van der Waals surface area (Å²) in [6.07, 6.45) is 0.0197. The number of piperazine rings is 1. The highest BCUT2D eigenvalue weighted by Gasteiger charge is 2.27. The smallest absolute Gasteiger partial charge is 0.410 e. The van der Waals surface area contributed by atoms with Crippen LogP contribution in [0.4, 0.5) is 4.79 Å². The zero-order valence-electron chi connectivity index (χ0n) is 13.6. The summed E-state index contributed by atoms with van der Waals surface area (Å²) in [5.74, 6) is 0.0640. The Morgan fingerprint density at radius 3 is 2.32 bits per heavy atom. The maximum Gasteiger partial charge on any atom is 0.410 e. The van der Waals surface area contributed by atoms with Crippen LogP contribution in [0.2, 0.25) is 0 Å². The molecule has 2 rings (SSSR count). The SMILES string of the molecule is Cc1nc(CC(=O)N2CCN(C(=O)OC(C)(C)C)CC2)cs1. The van der Waals surface area contributed by atoms with E-state index < -0.39 is 5.60 Å². The first-order valence-electron chi connectivity index (χ1n) is 7.41. The first-order chi connectivity index (χ1) is 10.2. The van der Waals surface area contributed by atoms with E-state index in [1.165, 1.54) is 0 Å². The topological polar surface area (TPSA) is 62.7 Å². The number of hydrogen-bond donors (Lipinski definition) is 0. The van der Waals surface area contributed by atoms with E-state index in [9.17, 15) is 9.59 Å². The number of carbonyl (C=O) groups excluding carboxylic acids is 2. The molecule has 1 aromatic rings. The van der Waals surface area contributed by atoms with E-state index in [2.05, 4.69) is 4.98 Å². The zero-order valence-corrected chi connectivity index (χ0v) is 14.4. The Morgan fingerprint density at radius 1 is 1.23 bits per heavy atom. The highest BCUT2D eigenvalue weighted by molar-refractivity contribution is 7.09. The molecule has 0 bridgehead atoms. The van der Waals surface area contributed by atoms with Crippen molar-refractivity contribution in [3.63, 3.8) is 0 Å². The normalized spacial score (nSPS) is 15.8. The van der Waals surface area contributed by atoms with E-state index in [0.717, 1.165) is 10.7 Å². The average Bonchev–Trinajstić information content (AvgIpc) is 2.82. The lowest BCUT2D eigenvalue weighted by atomic mass is 10.2. The van der Waals surface area contributed by atoms with E-state index in [1.54, 1.807) is 21.1 Å². The highest BCUT2D eigenvalue weighted by Crippen LogP contribution is 2.13. The monoisotopic (exact) mass is 325 g/mol. The molecule has 22 heavy (non-hydrogen) atoms. The first kappa shape index (κ1) is 16.7. The maximum atomic E-state index is 12.2. The molecule has 1 aromatic heterocycles.